The van der Waals surface area contributed by atoms with Gasteiger partial charge in [0.2, 0.25) is 0 Å². The number of ether oxygens (including phenoxy) is 1. The van der Waals surface area contributed by atoms with Gasteiger partial charge in [-0.15, -0.1) is 0 Å². The van der Waals surface area contributed by atoms with Gasteiger partial charge >= 0.3 is 0 Å². The molecule has 0 unspecified atom stereocenters. The monoisotopic (exact) mass is 315 g/mol. The van der Waals surface area contributed by atoms with E-state index in [1.54, 1.807) is 0 Å². The van der Waals surface area contributed by atoms with Crippen molar-refractivity contribution < 1.29 is 9.53 Å². The summed E-state index contributed by atoms with van der Waals surface area (Å²) >= 11 is 0. The van der Waals surface area contributed by atoms with Crippen molar-refractivity contribution in [3.8, 4) is 5.75 Å². The van der Waals surface area contributed by atoms with Crippen LogP contribution in [0, 0.1) is 13.8 Å². The first kappa shape index (κ1) is 17.6. The molecule has 1 amide bonds. The molecule has 0 saturated carbocycles. The summed E-state index contributed by atoms with van der Waals surface area (Å²) in [5.41, 5.74) is 3.90. The standard InChI is InChI=1S/C20H29NO2/c1-4-19(23-18-11-10-15(2)16(3)14-18)20(22)21-13-12-17-8-6-5-7-9-17/h8,10-11,14,19H,4-7,9,12-13H2,1-3H3,(H,21,22)/t19-/m0/s1. The minimum Gasteiger partial charge on any atom is -0.481 e. The summed E-state index contributed by atoms with van der Waals surface area (Å²) in [5, 5.41) is 3.02. The van der Waals surface area contributed by atoms with Gasteiger partial charge in [-0.2, -0.15) is 0 Å². The Balaban J connectivity index is 1.82. The van der Waals surface area contributed by atoms with Crippen LogP contribution in [0.3, 0.4) is 0 Å². The zero-order valence-electron chi connectivity index (χ0n) is 14.7. The van der Waals surface area contributed by atoms with Gasteiger partial charge in [-0.05, 0) is 75.6 Å². The highest BCUT2D eigenvalue weighted by atomic mass is 16.5. The van der Waals surface area contributed by atoms with Gasteiger partial charge in [-0.3, -0.25) is 4.79 Å². The lowest BCUT2D eigenvalue weighted by molar-refractivity contribution is -0.128. The predicted octanol–water partition coefficient (Wildman–Crippen LogP) is 4.47. The molecule has 0 fully saturated rings. The summed E-state index contributed by atoms with van der Waals surface area (Å²) in [5.74, 6) is 0.757. The van der Waals surface area contributed by atoms with Crippen molar-refractivity contribution in [3.05, 3.63) is 41.0 Å². The maximum Gasteiger partial charge on any atom is 0.261 e. The number of allylic oxidation sites excluding steroid dienone is 1. The minimum absolute atomic E-state index is 0.0119. The van der Waals surface area contributed by atoms with E-state index in [0.29, 0.717) is 13.0 Å². The maximum absolute atomic E-state index is 12.3. The van der Waals surface area contributed by atoms with Crippen LogP contribution in [0.25, 0.3) is 0 Å². The Morgan fingerprint density at radius 1 is 1.26 bits per heavy atom. The largest absolute Gasteiger partial charge is 0.481 e. The smallest absolute Gasteiger partial charge is 0.261 e. The van der Waals surface area contributed by atoms with E-state index in [9.17, 15) is 4.79 Å². The van der Waals surface area contributed by atoms with Crippen molar-refractivity contribution in [1.82, 2.24) is 5.32 Å². The molecule has 0 aromatic heterocycles. The molecule has 0 bridgehead atoms. The quantitative estimate of drug-likeness (QED) is 0.754. The van der Waals surface area contributed by atoms with Crippen LogP contribution in [-0.2, 0) is 4.79 Å². The van der Waals surface area contributed by atoms with Gasteiger partial charge in [-0.1, -0.05) is 24.6 Å². The fourth-order valence-corrected chi connectivity index (χ4v) is 2.87. The molecule has 0 saturated heterocycles. The Bertz CT molecular complexity index is 563. The van der Waals surface area contributed by atoms with Crippen molar-refractivity contribution in [1.29, 1.82) is 0 Å². The van der Waals surface area contributed by atoms with Gasteiger partial charge < -0.3 is 10.1 Å². The minimum atomic E-state index is -0.419. The normalized spacial score (nSPS) is 15.7. The first-order chi connectivity index (χ1) is 11.1. The highest BCUT2D eigenvalue weighted by Crippen LogP contribution is 2.20. The van der Waals surface area contributed by atoms with Crippen molar-refractivity contribution >= 4 is 5.91 Å². The molecular weight excluding hydrogens is 286 g/mol. The van der Waals surface area contributed by atoms with Crippen molar-refractivity contribution in [2.45, 2.75) is 65.4 Å². The van der Waals surface area contributed by atoms with Crippen LogP contribution in [0.5, 0.6) is 5.75 Å². The van der Waals surface area contributed by atoms with Crippen LogP contribution in [-0.4, -0.2) is 18.6 Å². The lowest BCUT2D eigenvalue weighted by Gasteiger charge is -2.19. The summed E-state index contributed by atoms with van der Waals surface area (Å²) in [6.45, 7) is 6.82. The van der Waals surface area contributed by atoms with E-state index in [0.717, 1.165) is 12.2 Å². The Kier molecular flexibility index (Phi) is 6.69. The van der Waals surface area contributed by atoms with Crippen LogP contribution in [0.15, 0.2) is 29.8 Å². The lowest BCUT2D eigenvalue weighted by Crippen LogP contribution is -2.38. The second-order valence-corrected chi connectivity index (χ2v) is 6.41. The van der Waals surface area contributed by atoms with Gasteiger partial charge in [-0.25, -0.2) is 0 Å². The lowest BCUT2D eigenvalue weighted by atomic mass is 9.97. The van der Waals surface area contributed by atoms with E-state index in [1.807, 2.05) is 25.1 Å². The Hall–Kier alpha value is -1.77. The second kappa shape index (κ2) is 8.76. The average Bonchev–Trinajstić information content (AvgIpc) is 2.56. The summed E-state index contributed by atoms with van der Waals surface area (Å²) in [6, 6.07) is 5.97. The number of aryl methyl sites for hydroxylation is 2. The van der Waals surface area contributed by atoms with E-state index < -0.39 is 6.10 Å². The van der Waals surface area contributed by atoms with E-state index >= 15 is 0 Å². The van der Waals surface area contributed by atoms with Gasteiger partial charge in [0.15, 0.2) is 6.10 Å². The highest BCUT2D eigenvalue weighted by molar-refractivity contribution is 5.81. The Labute approximate surface area is 140 Å². The second-order valence-electron chi connectivity index (χ2n) is 6.41. The Morgan fingerprint density at radius 3 is 2.74 bits per heavy atom. The highest BCUT2D eigenvalue weighted by Gasteiger charge is 2.18. The molecule has 0 heterocycles. The molecule has 0 radical (unpaired) electrons. The van der Waals surface area contributed by atoms with Crippen LogP contribution < -0.4 is 10.1 Å². The third-order valence-corrected chi connectivity index (χ3v) is 4.55. The first-order valence-corrected chi connectivity index (χ1v) is 8.79. The molecule has 1 aliphatic rings. The molecule has 0 aliphatic heterocycles. The Morgan fingerprint density at radius 2 is 2.09 bits per heavy atom. The summed E-state index contributed by atoms with van der Waals surface area (Å²) in [6.07, 6.45) is 8.51. The molecule has 1 atom stereocenters. The van der Waals surface area contributed by atoms with Gasteiger partial charge in [0, 0.05) is 6.54 Å². The van der Waals surface area contributed by atoms with E-state index in [1.165, 1.54) is 42.4 Å². The molecule has 1 aromatic rings. The van der Waals surface area contributed by atoms with Crippen LogP contribution in [0.2, 0.25) is 0 Å². The number of amides is 1. The van der Waals surface area contributed by atoms with Crippen LogP contribution in [0.4, 0.5) is 0 Å². The number of benzene rings is 1. The molecule has 0 spiro atoms. The van der Waals surface area contributed by atoms with Crippen LogP contribution >= 0.6 is 0 Å². The number of hydrogen-bond acceptors (Lipinski definition) is 2. The molecule has 126 valence electrons. The van der Waals surface area contributed by atoms with Crippen molar-refractivity contribution in [3.63, 3.8) is 0 Å². The third kappa shape index (κ3) is 5.42. The van der Waals surface area contributed by atoms with Crippen molar-refractivity contribution in [2.24, 2.45) is 0 Å². The molecule has 3 nitrogen and oxygen atoms in total. The zero-order valence-corrected chi connectivity index (χ0v) is 14.7. The molecule has 2 rings (SSSR count). The van der Waals surface area contributed by atoms with Gasteiger partial charge in [0.05, 0.1) is 0 Å². The van der Waals surface area contributed by atoms with Crippen LogP contribution in [0.1, 0.15) is 56.6 Å². The van der Waals surface area contributed by atoms with E-state index in [-0.39, 0.29) is 5.91 Å². The fraction of sp³-hybridized carbons (Fsp3) is 0.550. The molecular formula is C20H29NO2. The zero-order chi connectivity index (χ0) is 16.7. The van der Waals surface area contributed by atoms with Crippen molar-refractivity contribution in [2.75, 3.05) is 6.54 Å². The molecule has 1 N–H and O–H groups in total. The number of rotatable bonds is 7. The molecule has 1 aliphatic carbocycles. The summed E-state index contributed by atoms with van der Waals surface area (Å²) in [4.78, 5) is 12.3. The topological polar surface area (TPSA) is 38.3 Å². The number of nitrogens with one attached hydrogen (secondary N) is 1. The number of hydrogen-bond donors (Lipinski definition) is 1. The van der Waals surface area contributed by atoms with Gasteiger partial charge in [0.1, 0.15) is 5.75 Å². The number of carbonyl (C=O) groups excluding carboxylic acids is 1. The maximum atomic E-state index is 12.3. The van der Waals surface area contributed by atoms with E-state index in [2.05, 4.69) is 25.2 Å². The summed E-state index contributed by atoms with van der Waals surface area (Å²) < 4.78 is 5.88. The predicted molar refractivity (Wildman–Crippen MR) is 94.8 cm³/mol. The molecule has 3 heteroatoms. The first-order valence-electron chi connectivity index (χ1n) is 8.79. The fourth-order valence-electron chi connectivity index (χ4n) is 2.87. The SMILES string of the molecule is CC[C@H](Oc1ccc(C)c(C)c1)C(=O)NCCC1=CCCCC1. The number of carbonyl (C=O) groups is 1. The average molecular weight is 315 g/mol. The third-order valence-electron chi connectivity index (χ3n) is 4.55. The van der Waals surface area contributed by atoms with Gasteiger partial charge in [0.25, 0.3) is 5.91 Å². The molecule has 1 aromatic carbocycles. The molecule has 23 heavy (non-hydrogen) atoms. The summed E-state index contributed by atoms with van der Waals surface area (Å²) in [7, 11) is 0. The van der Waals surface area contributed by atoms with E-state index in [4.69, 9.17) is 4.74 Å².